The lowest BCUT2D eigenvalue weighted by molar-refractivity contribution is 0.528. The summed E-state index contributed by atoms with van der Waals surface area (Å²) < 4.78 is 8.34. The van der Waals surface area contributed by atoms with E-state index in [0.717, 1.165) is 15.7 Å². The predicted octanol–water partition coefficient (Wildman–Crippen LogP) is 4.42. The first-order valence-electron chi connectivity index (χ1n) is 7.44. The summed E-state index contributed by atoms with van der Waals surface area (Å²) in [6.45, 7) is 0. The maximum absolute atomic E-state index is 5.92. The van der Waals surface area contributed by atoms with Gasteiger partial charge in [0.25, 0.3) is 0 Å². The van der Waals surface area contributed by atoms with Gasteiger partial charge in [-0.2, -0.15) is 4.68 Å². The van der Waals surface area contributed by atoms with Gasteiger partial charge in [0.2, 0.25) is 16.9 Å². The number of thioether (sulfide) groups is 1. The van der Waals surface area contributed by atoms with Crippen molar-refractivity contribution in [2.75, 3.05) is 0 Å². The Morgan fingerprint density at radius 2 is 1.77 bits per heavy atom. The van der Waals surface area contributed by atoms with Crippen molar-refractivity contribution in [3.05, 3.63) is 63.9 Å². The Labute approximate surface area is 165 Å². The molecular weight excluding hydrogens is 440 g/mol. The molecule has 0 amide bonds. The van der Waals surface area contributed by atoms with Crippen molar-refractivity contribution < 1.29 is 4.42 Å². The van der Waals surface area contributed by atoms with Gasteiger partial charge in [-0.25, -0.2) is 0 Å². The fourth-order valence-electron chi connectivity index (χ4n) is 2.16. The Hall–Kier alpha value is -2.23. The Morgan fingerprint density at radius 3 is 2.54 bits per heavy atom. The van der Waals surface area contributed by atoms with E-state index in [9.17, 15) is 0 Å². The van der Waals surface area contributed by atoms with Crippen LogP contribution in [0.25, 0.3) is 17.1 Å². The standard InChI is InChI=1S/C16H10BrClN6OS/c17-11-3-1-10(2-4-11)15-20-19-14(25-15)9-26-16-21-22-23-24(16)13-7-5-12(18)6-8-13/h1-8H,9H2. The van der Waals surface area contributed by atoms with Crippen molar-refractivity contribution in [2.45, 2.75) is 10.9 Å². The van der Waals surface area contributed by atoms with Crippen LogP contribution in [0.4, 0.5) is 0 Å². The van der Waals surface area contributed by atoms with Crippen molar-refractivity contribution in [1.29, 1.82) is 0 Å². The second-order valence-corrected chi connectivity index (χ2v) is 7.44. The molecule has 2 aromatic carbocycles. The Morgan fingerprint density at radius 1 is 1.00 bits per heavy atom. The molecule has 0 aliphatic rings. The molecule has 0 aliphatic heterocycles. The maximum atomic E-state index is 5.92. The van der Waals surface area contributed by atoms with E-state index in [-0.39, 0.29) is 0 Å². The molecule has 2 heterocycles. The normalized spacial score (nSPS) is 11.0. The van der Waals surface area contributed by atoms with E-state index in [1.54, 1.807) is 16.8 Å². The highest BCUT2D eigenvalue weighted by Crippen LogP contribution is 2.25. The van der Waals surface area contributed by atoms with Crippen LogP contribution in [-0.4, -0.2) is 30.4 Å². The molecule has 0 bridgehead atoms. The number of hydrogen-bond donors (Lipinski definition) is 0. The summed E-state index contributed by atoms with van der Waals surface area (Å²) in [5.41, 5.74) is 1.69. The average molecular weight is 450 g/mol. The van der Waals surface area contributed by atoms with Crippen LogP contribution in [0, 0.1) is 0 Å². The first kappa shape index (κ1) is 17.2. The summed E-state index contributed by atoms with van der Waals surface area (Å²) in [6, 6.07) is 14.9. The van der Waals surface area contributed by atoms with Gasteiger partial charge in [-0.15, -0.1) is 15.3 Å². The van der Waals surface area contributed by atoms with E-state index in [1.165, 1.54) is 11.8 Å². The highest BCUT2D eigenvalue weighted by atomic mass is 79.9. The summed E-state index contributed by atoms with van der Waals surface area (Å²) in [5, 5.41) is 21.2. The van der Waals surface area contributed by atoms with E-state index >= 15 is 0 Å². The smallest absolute Gasteiger partial charge is 0.247 e. The number of nitrogens with zero attached hydrogens (tertiary/aromatic N) is 6. The zero-order chi connectivity index (χ0) is 17.9. The SMILES string of the molecule is Clc1ccc(-n2nnnc2SCc2nnc(-c3ccc(Br)cc3)o2)cc1. The zero-order valence-corrected chi connectivity index (χ0v) is 16.2. The minimum atomic E-state index is 0.456. The van der Waals surface area contributed by atoms with Crippen LogP contribution >= 0.6 is 39.3 Å². The summed E-state index contributed by atoms with van der Waals surface area (Å²) in [4.78, 5) is 0. The number of halogens is 2. The first-order valence-corrected chi connectivity index (χ1v) is 9.60. The molecule has 4 rings (SSSR count). The molecule has 0 atom stereocenters. The monoisotopic (exact) mass is 448 g/mol. The Balaban J connectivity index is 1.48. The number of rotatable bonds is 5. The molecule has 2 aromatic heterocycles. The van der Waals surface area contributed by atoms with Crippen molar-refractivity contribution in [1.82, 2.24) is 30.4 Å². The molecule has 0 saturated heterocycles. The van der Waals surface area contributed by atoms with Crippen LogP contribution in [0.15, 0.2) is 62.6 Å². The highest BCUT2D eigenvalue weighted by molar-refractivity contribution is 9.10. The molecule has 130 valence electrons. The third kappa shape index (κ3) is 3.79. The van der Waals surface area contributed by atoms with E-state index in [0.29, 0.717) is 27.7 Å². The lowest BCUT2D eigenvalue weighted by atomic mass is 10.2. The van der Waals surface area contributed by atoms with Crippen LogP contribution in [0.5, 0.6) is 0 Å². The highest BCUT2D eigenvalue weighted by Gasteiger charge is 2.13. The van der Waals surface area contributed by atoms with E-state index in [1.807, 2.05) is 36.4 Å². The van der Waals surface area contributed by atoms with Crippen molar-refractivity contribution in [3.8, 4) is 17.1 Å². The molecule has 26 heavy (non-hydrogen) atoms. The van der Waals surface area contributed by atoms with E-state index in [4.69, 9.17) is 16.0 Å². The summed E-state index contributed by atoms with van der Waals surface area (Å²) >= 11 is 10.7. The average Bonchev–Trinajstić information content (AvgIpc) is 3.30. The first-order chi connectivity index (χ1) is 12.7. The number of tetrazole rings is 1. The third-order valence-corrected chi connectivity index (χ3v) is 5.08. The molecule has 0 fully saturated rings. The summed E-state index contributed by atoms with van der Waals surface area (Å²) in [6.07, 6.45) is 0. The number of aromatic nitrogens is 6. The second kappa shape index (κ2) is 7.56. The van der Waals surface area contributed by atoms with Crippen molar-refractivity contribution in [2.24, 2.45) is 0 Å². The quantitative estimate of drug-likeness (QED) is 0.417. The van der Waals surface area contributed by atoms with Gasteiger partial charge < -0.3 is 4.42 Å². The van der Waals surface area contributed by atoms with Crippen LogP contribution < -0.4 is 0 Å². The largest absolute Gasteiger partial charge is 0.420 e. The molecular formula is C16H10BrClN6OS. The van der Waals surface area contributed by atoms with Gasteiger partial charge in [0, 0.05) is 15.1 Å². The minimum absolute atomic E-state index is 0.456. The van der Waals surface area contributed by atoms with E-state index < -0.39 is 0 Å². The molecule has 0 unspecified atom stereocenters. The summed E-state index contributed by atoms with van der Waals surface area (Å²) in [5.74, 6) is 1.43. The molecule has 10 heteroatoms. The molecule has 0 N–H and O–H groups in total. The molecule has 0 radical (unpaired) electrons. The predicted molar refractivity (Wildman–Crippen MR) is 101 cm³/mol. The van der Waals surface area contributed by atoms with Gasteiger partial charge in [-0.1, -0.05) is 39.3 Å². The number of benzene rings is 2. The minimum Gasteiger partial charge on any atom is -0.420 e. The van der Waals surface area contributed by atoms with Gasteiger partial charge in [-0.05, 0) is 59.0 Å². The van der Waals surface area contributed by atoms with Gasteiger partial charge >= 0.3 is 0 Å². The lowest BCUT2D eigenvalue weighted by Gasteiger charge is -2.03. The molecule has 4 aromatic rings. The van der Waals surface area contributed by atoms with E-state index in [2.05, 4.69) is 41.7 Å². The van der Waals surface area contributed by atoms with Crippen molar-refractivity contribution >= 4 is 39.3 Å². The summed E-state index contributed by atoms with van der Waals surface area (Å²) in [7, 11) is 0. The number of hydrogen-bond acceptors (Lipinski definition) is 7. The van der Waals surface area contributed by atoms with Crippen molar-refractivity contribution in [3.63, 3.8) is 0 Å². The van der Waals surface area contributed by atoms with Gasteiger partial charge in [0.05, 0.1) is 11.4 Å². The fourth-order valence-corrected chi connectivity index (χ4v) is 3.28. The molecule has 0 aliphatic carbocycles. The van der Waals surface area contributed by atoms with Gasteiger partial charge in [0.15, 0.2) is 0 Å². The third-order valence-electron chi connectivity index (χ3n) is 3.39. The molecule has 0 saturated carbocycles. The van der Waals surface area contributed by atoms with Crippen LogP contribution in [0.1, 0.15) is 5.89 Å². The zero-order valence-electron chi connectivity index (χ0n) is 13.1. The van der Waals surface area contributed by atoms with Crippen LogP contribution in [-0.2, 0) is 5.75 Å². The molecule has 0 spiro atoms. The van der Waals surface area contributed by atoms with Gasteiger partial charge in [-0.3, -0.25) is 0 Å². The topological polar surface area (TPSA) is 82.5 Å². The van der Waals surface area contributed by atoms with Crippen LogP contribution in [0.2, 0.25) is 5.02 Å². The van der Waals surface area contributed by atoms with Crippen LogP contribution in [0.3, 0.4) is 0 Å². The van der Waals surface area contributed by atoms with Gasteiger partial charge in [0.1, 0.15) is 0 Å². The second-order valence-electron chi connectivity index (χ2n) is 5.15. The fraction of sp³-hybridized carbons (Fsp3) is 0.0625. The molecule has 7 nitrogen and oxygen atoms in total. The lowest BCUT2D eigenvalue weighted by Crippen LogP contribution is -1.98. The maximum Gasteiger partial charge on any atom is 0.247 e. The Kier molecular flexibility index (Phi) is 5.00. The Bertz CT molecular complexity index is 1020.